The van der Waals surface area contributed by atoms with Gasteiger partial charge in [0.25, 0.3) is 0 Å². The number of amides is 2. The highest BCUT2D eigenvalue weighted by molar-refractivity contribution is 5.93. The molecule has 8 heteroatoms. The van der Waals surface area contributed by atoms with Gasteiger partial charge in [0.15, 0.2) is 0 Å². The van der Waals surface area contributed by atoms with Gasteiger partial charge in [-0.25, -0.2) is 0 Å². The van der Waals surface area contributed by atoms with E-state index in [2.05, 4.69) is 34.9 Å². The van der Waals surface area contributed by atoms with Gasteiger partial charge in [0, 0.05) is 37.1 Å². The highest BCUT2D eigenvalue weighted by atomic mass is 16.5. The summed E-state index contributed by atoms with van der Waals surface area (Å²) < 4.78 is 10.6. The molecule has 0 heterocycles. The Kier molecular flexibility index (Phi) is 15.3. The van der Waals surface area contributed by atoms with Crippen LogP contribution in [0.1, 0.15) is 73.6 Å². The molecule has 4 aromatic rings. The van der Waals surface area contributed by atoms with Gasteiger partial charge in [-0.15, -0.1) is 0 Å². The SMILES string of the molecule is Cc1cc(-c2ccc(NC(=O)CCCC(=O)OCCCc3ccccc3)c(C)c2)ccc1NC(=O)CCCC(=O)OCCCc1ccccc1. The van der Waals surface area contributed by atoms with Gasteiger partial charge < -0.3 is 20.1 Å². The standard InChI is InChI=1S/C42H48N2O6/c1-31-29-35(23-25-37(31)43-39(45)19-9-21-41(47)49-27-11-17-33-13-5-3-6-14-33)36-24-26-38(32(2)30-36)44-40(46)20-10-22-42(48)50-28-12-18-34-15-7-4-8-16-34/h3-8,13-16,23-26,29-30H,9-12,17-22,27-28H2,1-2H3,(H,43,45)(H,44,46). The Hall–Kier alpha value is -5.24. The fourth-order valence-corrected chi connectivity index (χ4v) is 5.54. The quantitative estimate of drug-likeness (QED) is 0.0761. The Morgan fingerprint density at radius 3 is 1.28 bits per heavy atom. The van der Waals surface area contributed by atoms with Crippen LogP contribution in [-0.2, 0) is 41.5 Å². The second-order valence-corrected chi connectivity index (χ2v) is 12.5. The van der Waals surface area contributed by atoms with Crippen LogP contribution in [0.15, 0.2) is 97.1 Å². The molecule has 0 spiro atoms. The first-order valence-electron chi connectivity index (χ1n) is 17.5. The summed E-state index contributed by atoms with van der Waals surface area (Å²) in [5.74, 6) is -0.862. The van der Waals surface area contributed by atoms with E-state index >= 15 is 0 Å². The topological polar surface area (TPSA) is 111 Å². The number of ether oxygens (including phenoxy) is 2. The lowest BCUT2D eigenvalue weighted by atomic mass is 9.99. The van der Waals surface area contributed by atoms with Crippen molar-refractivity contribution in [2.24, 2.45) is 0 Å². The summed E-state index contributed by atoms with van der Waals surface area (Å²) in [6.45, 7) is 4.62. The van der Waals surface area contributed by atoms with Gasteiger partial charge >= 0.3 is 11.9 Å². The molecule has 4 rings (SSSR count). The van der Waals surface area contributed by atoms with E-state index in [-0.39, 0.29) is 49.4 Å². The predicted molar refractivity (Wildman–Crippen MR) is 198 cm³/mol. The number of nitrogens with one attached hydrogen (secondary N) is 2. The lowest BCUT2D eigenvalue weighted by Gasteiger charge is -2.13. The predicted octanol–water partition coefficient (Wildman–Crippen LogP) is 8.54. The van der Waals surface area contributed by atoms with Gasteiger partial charge in [0.1, 0.15) is 0 Å². The van der Waals surface area contributed by atoms with Crippen LogP contribution in [0.3, 0.4) is 0 Å². The maximum Gasteiger partial charge on any atom is 0.305 e. The normalized spacial score (nSPS) is 10.7. The summed E-state index contributed by atoms with van der Waals surface area (Å²) in [5, 5.41) is 5.90. The molecule has 50 heavy (non-hydrogen) atoms. The smallest absolute Gasteiger partial charge is 0.305 e. The van der Waals surface area contributed by atoms with Gasteiger partial charge in [0.2, 0.25) is 11.8 Å². The zero-order chi connectivity index (χ0) is 35.6. The van der Waals surface area contributed by atoms with Crippen LogP contribution < -0.4 is 10.6 Å². The molecule has 8 nitrogen and oxygen atoms in total. The Morgan fingerprint density at radius 1 is 0.500 bits per heavy atom. The van der Waals surface area contributed by atoms with E-state index in [9.17, 15) is 19.2 Å². The molecule has 0 atom stereocenters. The van der Waals surface area contributed by atoms with Crippen molar-refractivity contribution in [3.8, 4) is 11.1 Å². The highest BCUT2D eigenvalue weighted by Crippen LogP contribution is 2.28. The molecule has 0 saturated heterocycles. The number of anilines is 2. The summed E-state index contributed by atoms with van der Waals surface area (Å²) >= 11 is 0. The van der Waals surface area contributed by atoms with Crippen molar-refractivity contribution in [1.29, 1.82) is 0 Å². The van der Waals surface area contributed by atoms with Crippen molar-refractivity contribution >= 4 is 35.1 Å². The van der Waals surface area contributed by atoms with Crippen LogP contribution in [0, 0.1) is 13.8 Å². The molecule has 0 saturated carbocycles. The fraction of sp³-hybridized carbons (Fsp3) is 0.333. The van der Waals surface area contributed by atoms with Crippen LogP contribution in [0.4, 0.5) is 11.4 Å². The molecule has 262 valence electrons. The van der Waals surface area contributed by atoms with E-state index in [0.717, 1.165) is 59.3 Å². The van der Waals surface area contributed by atoms with Crippen LogP contribution >= 0.6 is 0 Å². The van der Waals surface area contributed by atoms with Crippen LogP contribution in [0.5, 0.6) is 0 Å². The molecule has 0 aliphatic carbocycles. The molecule has 0 aromatic heterocycles. The Morgan fingerprint density at radius 2 is 0.900 bits per heavy atom. The zero-order valence-corrected chi connectivity index (χ0v) is 29.2. The second kappa shape index (κ2) is 20.3. The largest absolute Gasteiger partial charge is 0.466 e. The summed E-state index contributed by atoms with van der Waals surface area (Å²) in [4.78, 5) is 49.3. The summed E-state index contributed by atoms with van der Waals surface area (Å²) in [5.41, 5.74) is 7.67. The molecule has 0 aliphatic rings. The molecule has 0 aliphatic heterocycles. The maximum atomic E-state index is 12.6. The van der Waals surface area contributed by atoms with E-state index in [0.29, 0.717) is 26.1 Å². The molecular weight excluding hydrogens is 628 g/mol. The van der Waals surface area contributed by atoms with Crippen LogP contribution in [-0.4, -0.2) is 37.0 Å². The van der Waals surface area contributed by atoms with E-state index in [1.54, 1.807) is 0 Å². The fourth-order valence-electron chi connectivity index (χ4n) is 5.54. The number of carbonyl (C=O) groups is 4. The second-order valence-electron chi connectivity index (χ2n) is 12.5. The molecule has 0 unspecified atom stereocenters. The number of benzene rings is 4. The molecular formula is C42H48N2O6. The highest BCUT2D eigenvalue weighted by Gasteiger charge is 2.12. The van der Waals surface area contributed by atoms with E-state index in [1.165, 1.54) is 11.1 Å². The van der Waals surface area contributed by atoms with Crippen molar-refractivity contribution in [3.05, 3.63) is 119 Å². The Labute approximate surface area is 295 Å². The molecule has 4 aromatic carbocycles. The van der Waals surface area contributed by atoms with E-state index in [1.807, 2.05) is 86.6 Å². The van der Waals surface area contributed by atoms with E-state index in [4.69, 9.17) is 9.47 Å². The Balaban J connectivity index is 1.12. The first kappa shape index (κ1) is 37.6. The monoisotopic (exact) mass is 676 g/mol. The number of rotatable bonds is 19. The molecule has 0 bridgehead atoms. The molecule has 0 radical (unpaired) electrons. The lowest BCUT2D eigenvalue weighted by Crippen LogP contribution is -2.14. The van der Waals surface area contributed by atoms with Gasteiger partial charge in [0.05, 0.1) is 13.2 Å². The molecule has 0 fully saturated rings. The minimum atomic E-state index is -0.282. The van der Waals surface area contributed by atoms with Gasteiger partial charge in [-0.2, -0.15) is 0 Å². The lowest BCUT2D eigenvalue weighted by molar-refractivity contribution is -0.144. The third-order valence-corrected chi connectivity index (χ3v) is 8.34. The zero-order valence-electron chi connectivity index (χ0n) is 29.2. The molecule has 2 N–H and O–H groups in total. The van der Waals surface area contributed by atoms with Crippen molar-refractivity contribution in [1.82, 2.24) is 0 Å². The van der Waals surface area contributed by atoms with Gasteiger partial charge in [-0.3, -0.25) is 19.2 Å². The first-order chi connectivity index (χ1) is 24.3. The first-order valence-corrected chi connectivity index (χ1v) is 17.5. The van der Waals surface area contributed by atoms with Crippen molar-refractivity contribution in [2.45, 2.75) is 78.1 Å². The number of hydrogen-bond acceptors (Lipinski definition) is 6. The van der Waals surface area contributed by atoms with Gasteiger partial charge in [-0.1, -0.05) is 72.8 Å². The third-order valence-electron chi connectivity index (χ3n) is 8.34. The van der Waals surface area contributed by atoms with E-state index < -0.39 is 0 Å². The van der Waals surface area contributed by atoms with Crippen molar-refractivity contribution in [3.63, 3.8) is 0 Å². The Bertz CT molecular complexity index is 1580. The number of esters is 2. The summed E-state index contributed by atoms with van der Waals surface area (Å²) in [6.07, 6.45) is 4.96. The third kappa shape index (κ3) is 13.3. The maximum absolute atomic E-state index is 12.6. The molecule has 2 amide bonds. The average Bonchev–Trinajstić information content (AvgIpc) is 3.11. The summed E-state index contributed by atoms with van der Waals surface area (Å²) in [7, 11) is 0. The summed E-state index contributed by atoms with van der Waals surface area (Å²) in [6, 6.07) is 31.8. The number of aryl methyl sites for hydroxylation is 4. The number of carbonyl (C=O) groups excluding carboxylic acids is 4. The van der Waals surface area contributed by atoms with Crippen molar-refractivity contribution in [2.75, 3.05) is 23.8 Å². The average molecular weight is 677 g/mol. The minimum Gasteiger partial charge on any atom is -0.466 e. The van der Waals surface area contributed by atoms with Crippen LogP contribution in [0.2, 0.25) is 0 Å². The number of hydrogen-bond donors (Lipinski definition) is 2. The van der Waals surface area contributed by atoms with Crippen molar-refractivity contribution < 1.29 is 28.7 Å². The van der Waals surface area contributed by atoms with Crippen LogP contribution in [0.25, 0.3) is 11.1 Å². The van der Waals surface area contributed by atoms with Gasteiger partial charge in [-0.05, 0) is 110 Å². The minimum absolute atomic E-state index is 0.149.